The number of carboxylic acid groups (broad SMARTS) is 1. The smallest absolute Gasteiger partial charge is 0.306 e. The summed E-state index contributed by atoms with van der Waals surface area (Å²) in [5, 5.41) is 13.3. The Bertz CT molecular complexity index is 556. The van der Waals surface area contributed by atoms with Crippen molar-refractivity contribution in [2.24, 2.45) is 5.92 Å². The summed E-state index contributed by atoms with van der Waals surface area (Å²) in [5.41, 5.74) is 0. The van der Waals surface area contributed by atoms with Gasteiger partial charge in [0.05, 0.1) is 18.1 Å². The molecule has 0 spiro atoms. The Labute approximate surface area is 140 Å². The fraction of sp³-hybridized carbons (Fsp3) is 0.750. The first-order chi connectivity index (χ1) is 11.6. The third kappa shape index (κ3) is 3.92. The average Bonchev–Trinajstić information content (AvgIpc) is 3.27. The molecule has 132 valence electrons. The summed E-state index contributed by atoms with van der Waals surface area (Å²) in [6, 6.07) is -0.110. The summed E-state index contributed by atoms with van der Waals surface area (Å²) in [7, 11) is 0. The van der Waals surface area contributed by atoms with Gasteiger partial charge in [0.1, 0.15) is 12.7 Å². The van der Waals surface area contributed by atoms with Crippen LogP contribution < -0.4 is 0 Å². The molecular formula is C16H24N4O4. The molecule has 2 saturated heterocycles. The molecule has 2 aliphatic rings. The van der Waals surface area contributed by atoms with Gasteiger partial charge in [-0.1, -0.05) is 0 Å². The van der Waals surface area contributed by atoms with Crippen LogP contribution in [0.2, 0.25) is 0 Å². The zero-order valence-corrected chi connectivity index (χ0v) is 13.7. The van der Waals surface area contributed by atoms with Crippen molar-refractivity contribution in [3.05, 3.63) is 12.7 Å². The number of rotatable bonds is 6. The van der Waals surface area contributed by atoms with E-state index in [2.05, 4.69) is 10.1 Å². The zero-order valence-electron chi connectivity index (χ0n) is 13.7. The number of amides is 1. The molecule has 1 aromatic rings. The maximum absolute atomic E-state index is 12.6. The number of likely N-dealkylation sites (tertiary alicyclic amines) is 1. The van der Waals surface area contributed by atoms with Crippen LogP contribution >= 0.6 is 0 Å². The van der Waals surface area contributed by atoms with E-state index in [0.29, 0.717) is 45.4 Å². The van der Waals surface area contributed by atoms with Crippen LogP contribution in [0.25, 0.3) is 0 Å². The van der Waals surface area contributed by atoms with Gasteiger partial charge in [0.2, 0.25) is 5.91 Å². The lowest BCUT2D eigenvalue weighted by Crippen LogP contribution is -2.52. The Morgan fingerprint density at radius 2 is 2.21 bits per heavy atom. The molecule has 0 aliphatic carbocycles. The van der Waals surface area contributed by atoms with E-state index in [1.54, 1.807) is 11.0 Å². The highest BCUT2D eigenvalue weighted by atomic mass is 16.5. The first-order valence-electron chi connectivity index (χ1n) is 8.61. The van der Waals surface area contributed by atoms with Crippen molar-refractivity contribution in [2.45, 2.75) is 57.2 Å². The predicted molar refractivity (Wildman–Crippen MR) is 84.1 cm³/mol. The van der Waals surface area contributed by atoms with E-state index in [1.807, 2.05) is 4.90 Å². The highest BCUT2D eigenvalue weighted by Gasteiger charge is 2.40. The molecule has 24 heavy (non-hydrogen) atoms. The summed E-state index contributed by atoms with van der Waals surface area (Å²) >= 11 is 0. The Balaban J connectivity index is 1.58. The quantitative estimate of drug-likeness (QED) is 0.830. The number of hydrogen-bond acceptors (Lipinski definition) is 5. The largest absolute Gasteiger partial charge is 0.481 e. The minimum absolute atomic E-state index is 0.0218. The fourth-order valence-electron chi connectivity index (χ4n) is 3.67. The molecule has 3 unspecified atom stereocenters. The number of nitrogens with zero attached hydrogens (tertiary/aromatic N) is 4. The summed E-state index contributed by atoms with van der Waals surface area (Å²) in [4.78, 5) is 29.7. The highest BCUT2D eigenvalue weighted by Crippen LogP contribution is 2.31. The fourth-order valence-corrected chi connectivity index (χ4v) is 3.67. The van der Waals surface area contributed by atoms with Crippen LogP contribution in [-0.4, -0.2) is 61.9 Å². The second kappa shape index (κ2) is 7.74. The minimum atomic E-state index is -0.767. The van der Waals surface area contributed by atoms with Crippen molar-refractivity contribution >= 4 is 11.9 Å². The van der Waals surface area contributed by atoms with Gasteiger partial charge in [-0.2, -0.15) is 5.10 Å². The third-order valence-corrected chi connectivity index (χ3v) is 4.95. The van der Waals surface area contributed by atoms with Gasteiger partial charge < -0.3 is 14.7 Å². The number of aliphatic carboxylic acids is 1. The third-order valence-electron chi connectivity index (χ3n) is 4.95. The molecule has 2 fully saturated rings. The van der Waals surface area contributed by atoms with Gasteiger partial charge in [0, 0.05) is 26.1 Å². The summed E-state index contributed by atoms with van der Waals surface area (Å²) in [6.45, 7) is 1.86. The van der Waals surface area contributed by atoms with Crippen molar-refractivity contribution in [3.63, 3.8) is 0 Å². The van der Waals surface area contributed by atoms with Crippen molar-refractivity contribution < 1.29 is 19.4 Å². The van der Waals surface area contributed by atoms with Gasteiger partial charge in [-0.25, -0.2) is 4.98 Å². The van der Waals surface area contributed by atoms with Crippen LogP contribution in [-0.2, 0) is 20.9 Å². The summed E-state index contributed by atoms with van der Waals surface area (Å²) in [5.74, 6) is -1.06. The Hall–Kier alpha value is -1.96. The van der Waals surface area contributed by atoms with Crippen molar-refractivity contribution in [2.75, 3.05) is 13.2 Å². The van der Waals surface area contributed by atoms with E-state index in [4.69, 9.17) is 4.74 Å². The second-order valence-corrected chi connectivity index (χ2v) is 6.53. The number of aromatic nitrogens is 3. The molecule has 1 amide bonds. The van der Waals surface area contributed by atoms with E-state index >= 15 is 0 Å². The summed E-state index contributed by atoms with van der Waals surface area (Å²) in [6.07, 6.45) is 7.12. The molecule has 0 bridgehead atoms. The molecule has 2 aliphatic heterocycles. The van der Waals surface area contributed by atoms with E-state index in [-0.39, 0.29) is 24.0 Å². The van der Waals surface area contributed by atoms with Gasteiger partial charge in [-0.05, 0) is 32.1 Å². The van der Waals surface area contributed by atoms with E-state index < -0.39 is 5.97 Å². The number of carbonyl (C=O) groups is 2. The van der Waals surface area contributed by atoms with Gasteiger partial charge in [-0.3, -0.25) is 14.3 Å². The Morgan fingerprint density at radius 3 is 2.88 bits per heavy atom. The van der Waals surface area contributed by atoms with Crippen molar-refractivity contribution in [3.8, 4) is 0 Å². The predicted octanol–water partition coefficient (Wildman–Crippen LogP) is 0.929. The second-order valence-electron chi connectivity index (χ2n) is 6.53. The van der Waals surface area contributed by atoms with Crippen LogP contribution in [0, 0.1) is 5.92 Å². The van der Waals surface area contributed by atoms with Gasteiger partial charge in [0.15, 0.2) is 0 Å². The molecule has 8 heteroatoms. The lowest BCUT2D eigenvalue weighted by Gasteiger charge is -2.41. The first-order valence-corrected chi connectivity index (χ1v) is 8.61. The molecule has 0 radical (unpaired) electrons. The van der Waals surface area contributed by atoms with E-state index in [9.17, 15) is 14.7 Å². The lowest BCUT2D eigenvalue weighted by atomic mass is 9.87. The number of carboxylic acids is 1. The molecule has 1 aromatic heterocycles. The van der Waals surface area contributed by atoms with E-state index in [0.717, 1.165) is 12.8 Å². The van der Waals surface area contributed by atoms with Gasteiger partial charge >= 0.3 is 5.97 Å². The molecule has 3 atom stereocenters. The van der Waals surface area contributed by atoms with Crippen LogP contribution in [0.1, 0.15) is 38.5 Å². The maximum Gasteiger partial charge on any atom is 0.306 e. The molecule has 3 heterocycles. The van der Waals surface area contributed by atoms with E-state index in [1.165, 1.54) is 6.33 Å². The minimum Gasteiger partial charge on any atom is -0.481 e. The maximum atomic E-state index is 12.6. The molecule has 3 rings (SSSR count). The van der Waals surface area contributed by atoms with Crippen molar-refractivity contribution in [1.29, 1.82) is 0 Å². The van der Waals surface area contributed by atoms with Gasteiger partial charge in [0.25, 0.3) is 0 Å². The molecule has 1 N–H and O–H groups in total. The van der Waals surface area contributed by atoms with Crippen LogP contribution in [0.4, 0.5) is 0 Å². The Morgan fingerprint density at radius 1 is 1.33 bits per heavy atom. The highest BCUT2D eigenvalue weighted by molar-refractivity contribution is 5.77. The SMILES string of the molecule is O=C(O)C1CCN(C(=O)CCCn2cncn2)C(C2CCCO2)C1. The lowest BCUT2D eigenvalue weighted by molar-refractivity contribution is -0.150. The Kier molecular flexibility index (Phi) is 5.44. The number of aryl methyl sites for hydroxylation is 1. The average molecular weight is 336 g/mol. The van der Waals surface area contributed by atoms with Crippen LogP contribution in [0.5, 0.6) is 0 Å². The first kappa shape index (κ1) is 16.9. The molecule has 8 nitrogen and oxygen atoms in total. The number of piperidine rings is 1. The molecule has 0 aromatic carbocycles. The number of hydrogen-bond donors (Lipinski definition) is 1. The zero-order chi connectivity index (χ0) is 16.9. The monoisotopic (exact) mass is 336 g/mol. The molecular weight excluding hydrogens is 312 g/mol. The topological polar surface area (TPSA) is 97.6 Å². The van der Waals surface area contributed by atoms with Crippen LogP contribution in [0.15, 0.2) is 12.7 Å². The van der Waals surface area contributed by atoms with Crippen LogP contribution in [0.3, 0.4) is 0 Å². The van der Waals surface area contributed by atoms with Crippen molar-refractivity contribution in [1.82, 2.24) is 19.7 Å². The molecule has 0 saturated carbocycles. The number of ether oxygens (including phenoxy) is 1. The standard InChI is InChI=1S/C16H24N4O4/c21-15(4-1-6-19-11-17-10-18-19)20-7-5-12(16(22)23)9-13(20)14-3-2-8-24-14/h10-14H,1-9H2,(H,22,23). The number of carbonyl (C=O) groups excluding carboxylic acids is 1. The summed E-state index contributed by atoms with van der Waals surface area (Å²) < 4.78 is 7.46. The van der Waals surface area contributed by atoms with Gasteiger partial charge in [-0.15, -0.1) is 0 Å². The normalized spacial score (nSPS) is 27.3.